The van der Waals surface area contributed by atoms with E-state index in [0.717, 1.165) is 29.7 Å². The summed E-state index contributed by atoms with van der Waals surface area (Å²) in [4.78, 5) is 26.5. The number of rotatable bonds is 5. The van der Waals surface area contributed by atoms with E-state index in [1.165, 1.54) is 6.33 Å². The maximum absolute atomic E-state index is 13.7. The Morgan fingerprint density at radius 2 is 1.97 bits per heavy atom. The van der Waals surface area contributed by atoms with Crippen LogP contribution in [-0.2, 0) is 6.54 Å². The molecule has 0 bridgehead atoms. The lowest BCUT2D eigenvalue weighted by molar-refractivity contribution is 0.881. The van der Waals surface area contributed by atoms with E-state index in [1.54, 1.807) is 10.8 Å². The van der Waals surface area contributed by atoms with Crippen LogP contribution in [-0.4, -0.2) is 25.2 Å². The molecular formula is C27H25N7O. The predicted octanol–water partition coefficient (Wildman–Crippen LogP) is 3.77. The molecule has 1 saturated carbocycles. The summed E-state index contributed by atoms with van der Waals surface area (Å²) in [6.07, 6.45) is 5.19. The minimum Gasteiger partial charge on any atom is -0.383 e. The first-order chi connectivity index (χ1) is 16.9. The number of benzene rings is 1. The predicted molar refractivity (Wildman–Crippen MR) is 138 cm³/mol. The van der Waals surface area contributed by atoms with Crippen molar-refractivity contribution in [2.24, 2.45) is 5.92 Å². The van der Waals surface area contributed by atoms with Gasteiger partial charge in [0.25, 0.3) is 5.56 Å². The van der Waals surface area contributed by atoms with Crippen LogP contribution in [0.15, 0.2) is 53.7 Å². The van der Waals surface area contributed by atoms with Crippen LogP contribution in [0.25, 0.3) is 16.6 Å². The molecule has 8 heteroatoms. The molecule has 0 saturated heterocycles. The lowest BCUT2D eigenvalue weighted by atomic mass is 10.1. The van der Waals surface area contributed by atoms with Crippen molar-refractivity contribution in [2.75, 3.05) is 11.1 Å². The quantitative estimate of drug-likeness (QED) is 0.306. The number of nitrogens with two attached hydrogens (primary N) is 1. The highest BCUT2D eigenvalue weighted by Gasteiger charge is 2.20. The molecule has 5 rings (SSSR count). The molecule has 1 aliphatic carbocycles. The average molecular weight is 464 g/mol. The van der Waals surface area contributed by atoms with Gasteiger partial charge in [0.2, 0.25) is 0 Å². The average Bonchev–Trinajstić information content (AvgIpc) is 3.67. The van der Waals surface area contributed by atoms with Gasteiger partial charge in [-0.3, -0.25) is 19.8 Å². The maximum Gasteiger partial charge on any atom is 0.265 e. The van der Waals surface area contributed by atoms with Gasteiger partial charge >= 0.3 is 0 Å². The molecule has 1 aliphatic rings. The normalized spacial score (nSPS) is 12.7. The fraction of sp³-hybridized carbons (Fsp3) is 0.222. The van der Waals surface area contributed by atoms with Crippen molar-refractivity contribution in [3.63, 3.8) is 0 Å². The molecule has 0 atom stereocenters. The van der Waals surface area contributed by atoms with Gasteiger partial charge < -0.3 is 11.1 Å². The fourth-order valence-corrected chi connectivity index (χ4v) is 4.06. The molecule has 0 unspecified atom stereocenters. The smallest absolute Gasteiger partial charge is 0.265 e. The van der Waals surface area contributed by atoms with Crippen molar-refractivity contribution in [2.45, 2.75) is 33.2 Å². The zero-order valence-electron chi connectivity index (χ0n) is 19.6. The van der Waals surface area contributed by atoms with Gasteiger partial charge in [-0.05, 0) is 61.9 Å². The van der Waals surface area contributed by atoms with E-state index in [0.29, 0.717) is 33.9 Å². The topological polar surface area (TPSA) is 123 Å². The first kappa shape index (κ1) is 22.3. The van der Waals surface area contributed by atoms with E-state index in [9.17, 15) is 4.79 Å². The fourth-order valence-electron chi connectivity index (χ4n) is 4.06. The molecule has 4 aromatic rings. The Bertz CT molecular complexity index is 1590. The number of nitrogen functional groups attached to an aromatic ring is 1. The van der Waals surface area contributed by atoms with Crippen LogP contribution < -0.4 is 16.6 Å². The number of aryl methyl sites for hydroxylation is 2. The number of hydrogen-bond acceptors (Lipinski definition) is 7. The maximum atomic E-state index is 13.7. The highest BCUT2D eigenvalue weighted by Crippen LogP contribution is 2.28. The first-order valence-corrected chi connectivity index (χ1v) is 11.4. The second kappa shape index (κ2) is 9.03. The minimum atomic E-state index is -0.135. The number of para-hydroxylation sites is 1. The molecule has 0 spiro atoms. The Labute approximate surface area is 202 Å². The van der Waals surface area contributed by atoms with Crippen molar-refractivity contribution in [1.29, 1.82) is 5.41 Å². The molecular weight excluding hydrogens is 438 g/mol. The van der Waals surface area contributed by atoms with Crippen LogP contribution >= 0.6 is 0 Å². The number of aromatic nitrogens is 4. The third kappa shape index (κ3) is 4.36. The summed E-state index contributed by atoms with van der Waals surface area (Å²) >= 11 is 0. The van der Waals surface area contributed by atoms with Crippen LogP contribution in [0.5, 0.6) is 0 Å². The van der Waals surface area contributed by atoms with Gasteiger partial charge in [-0.2, -0.15) is 0 Å². The van der Waals surface area contributed by atoms with E-state index >= 15 is 0 Å². The van der Waals surface area contributed by atoms with E-state index in [-0.39, 0.29) is 23.6 Å². The largest absolute Gasteiger partial charge is 0.383 e. The van der Waals surface area contributed by atoms with Crippen LogP contribution in [0.3, 0.4) is 0 Å². The van der Waals surface area contributed by atoms with Gasteiger partial charge in [-0.25, -0.2) is 9.97 Å². The zero-order chi connectivity index (χ0) is 24.5. The molecule has 3 aromatic heterocycles. The summed E-state index contributed by atoms with van der Waals surface area (Å²) in [5, 5.41) is 12.3. The van der Waals surface area contributed by atoms with Gasteiger partial charge in [0.1, 0.15) is 23.7 Å². The summed E-state index contributed by atoms with van der Waals surface area (Å²) < 4.78 is 1.71. The van der Waals surface area contributed by atoms with Crippen molar-refractivity contribution in [3.8, 4) is 17.5 Å². The van der Waals surface area contributed by atoms with E-state index in [2.05, 4.69) is 32.1 Å². The molecule has 0 aliphatic heterocycles. The monoisotopic (exact) mass is 463 g/mol. The Morgan fingerprint density at radius 1 is 1.17 bits per heavy atom. The number of nitrogens with one attached hydrogen (secondary N) is 2. The Morgan fingerprint density at radius 3 is 2.74 bits per heavy atom. The summed E-state index contributed by atoms with van der Waals surface area (Å²) in [5.41, 5.74) is 10.4. The number of pyridine rings is 2. The summed E-state index contributed by atoms with van der Waals surface area (Å²) in [6, 6.07) is 11.5. The Balaban J connectivity index is 1.59. The van der Waals surface area contributed by atoms with E-state index < -0.39 is 0 Å². The third-order valence-corrected chi connectivity index (χ3v) is 6.09. The number of hydrogen-bond donors (Lipinski definition) is 3. The number of fused-ring (bicyclic) bond motifs is 1. The second-order valence-corrected chi connectivity index (χ2v) is 8.71. The van der Waals surface area contributed by atoms with Gasteiger partial charge in [0.05, 0.1) is 28.7 Å². The highest BCUT2D eigenvalue weighted by atomic mass is 16.1. The Kier molecular flexibility index (Phi) is 5.75. The Hall–Kier alpha value is -4.51. The number of nitrogens with zero attached hydrogens (tertiary/aromatic N) is 4. The molecule has 35 heavy (non-hydrogen) atoms. The lowest BCUT2D eigenvalue weighted by Gasteiger charge is -2.18. The number of anilines is 2. The van der Waals surface area contributed by atoms with Crippen LogP contribution in [0.1, 0.15) is 35.2 Å². The molecule has 3 heterocycles. The highest BCUT2D eigenvalue weighted by molar-refractivity contribution is 6.16. The molecule has 0 amide bonds. The second-order valence-electron chi connectivity index (χ2n) is 8.71. The molecule has 1 aromatic carbocycles. The van der Waals surface area contributed by atoms with Crippen molar-refractivity contribution < 1.29 is 0 Å². The molecule has 4 N–H and O–H groups in total. The van der Waals surface area contributed by atoms with Crippen molar-refractivity contribution >= 4 is 28.3 Å². The molecule has 174 valence electrons. The zero-order valence-corrected chi connectivity index (χ0v) is 19.6. The van der Waals surface area contributed by atoms with E-state index in [4.69, 9.17) is 11.1 Å². The van der Waals surface area contributed by atoms with Crippen LogP contribution in [0.2, 0.25) is 0 Å². The van der Waals surface area contributed by atoms with Crippen LogP contribution in [0, 0.1) is 37.0 Å². The summed E-state index contributed by atoms with van der Waals surface area (Å²) in [5.74, 6) is 6.92. The molecule has 1 fully saturated rings. The van der Waals surface area contributed by atoms with E-state index in [1.807, 2.05) is 50.2 Å². The van der Waals surface area contributed by atoms with Crippen molar-refractivity contribution in [3.05, 3.63) is 81.7 Å². The molecule has 0 radical (unpaired) electrons. The van der Waals surface area contributed by atoms with Gasteiger partial charge in [-0.15, -0.1) is 0 Å². The molecule has 8 nitrogen and oxygen atoms in total. The summed E-state index contributed by atoms with van der Waals surface area (Å²) in [7, 11) is 0. The van der Waals surface area contributed by atoms with Crippen LogP contribution in [0.4, 0.5) is 11.6 Å². The SMILES string of the molecule is Cc1ccccc1-n1c(CNc2ncnc(N)c2C(=N)C#CC2CC2)cc2nccc(C)c2c1=O. The first-order valence-electron chi connectivity index (χ1n) is 11.4. The van der Waals surface area contributed by atoms with Gasteiger partial charge in [0, 0.05) is 17.8 Å². The standard InChI is InChI=1S/C27H25N7O/c1-16-5-3-4-6-22(16)34-19(13-21-23(27(34)35)17(2)11-12-30-21)14-31-26-24(25(29)32-15-33-26)20(28)10-9-18-7-8-18/h3-6,11-13,15,18,28H,7-8,14H2,1-2H3,(H3,29,31,32,33). The van der Waals surface area contributed by atoms with Crippen molar-refractivity contribution in [1.82, 2.24) is 19.5 Å². The minimum absolute atomic E-state index is 0.0737. The third-order valence-electron chi connectivity index (χ3n) is 6.09. The summed E-state index contributed by atoms with van der Waals surface area (Å²) in [6.45, 7) is 4.14. The van der Waals surface area contributed by atoms with Gasteiger partial charge in [0.15, 0.2) is 0 Å². The lowest BCUT2D eigenvalue weighted by Crippen LogP contribution is -2.25. The van der Waals surface area contributed by atoms with Gasteiger partial charge in [-0.1, -0.05) is 24.1 Å².